The predicted molar refractivity (Wildman–Crippen MR) is 77.6 cm³/mol. The fourth-order valence-corrected chi connectivity index (χ4v) is 3.00. The van der Waals surface area contributed by atoms with Crippen molar-refractivity contribution in [1.29, 1.82) is 0 Å². The Morgan fingerprint density at radius 1 is 1.43 bits per heavy atom. The largest absolute Gasteiger partial charge is 0.396 e. The fraction of sp³-hybridized carbons (Fsp3) is 0.583. The minimum absolute atomic E-state index is 0.0807. The molecule has 0 aromatic carbocycles. The topological polar surface area (TPSA) is 121 Å². The number of aromatic amines is 1. The summed E-state index contributed by atoms with van der Waals surface area (Å²) in [4.78, 5) is 14.6. The molecule has 1 aromatic rings. The Morgan fingerprint density at radius 3 is 2.90 bits per heavy atom. The monoisotopic (exact) mass is 314 g/mol. The highest BCUT2D eigenvalue weighted by molar-refractivity contribution is 7.81. The van der Waals surface area contributed by atoms with E-state index >= 15 is 0 Å². The molecule has 1 aromatic heterocycles. The van der Waals surface area contributed by atoms with Crippen LogP contribution in [0.15, 0.2) is 6.20 Å². The van der Waals surface area contributed by atoms with Crippen molar-refractivity contribution in [2.24, 2.45) is 0 Å². The number of hydrogen-bond acceptors (Lipinski definition) is 6. The molecule has 2 amide bonds. The van der Waals surface area contributed by atoms with Gasteiger partial charge in [-0.3, -0.25) is 5.32 Å². The number of carbonyl (C=O) groups excluding carboxylic acids is 1. The molecule has 2 aliphatic rings. The van der Waals surface area contributed by atoms with Crippen molar-refractivity contribution in [2.45, 2.75) is 36.5 Å². The lowest BCUT2D eigenvalue weighted by molar-refractivity contribution is 0.00421. The highest BCUT2D eigenvalue weighted by atomic mass is 32.1. The van der Waals surface area contributed by atoms with Crippen molar-refractivity contribution < 1.29 is 20.1 Å². The highest BCUT2D eigenvalue weighted by Crippen LogP contribution is 2.40. The first-order valence-corrected chi connectivity index (χ1v) is 7.28. The summed E-state index contributed by atoms with van der Waals surface area (Å²) in [5.74, 6) is -1.57. The van der Waals surface area contributed by atoms with Gasteiger partial charge in [-0.1, -0.05) is 0 Å². The standard InChI is InChI=1S/C12H18N4O4S/c17-4-3-7(18)8(21)2-1-6-5-13-10-9(6)16-11(19)14-12(10,20)15-16/h5,7-8,13,15,17-18,20-21H,1-4H2,(H,14,19)/t7-,8+,12?/m1/s1. The molecule has 1 fully saturated rings. The Bertz CT molecular complexity index is 565. The van der Waals surface area contributed by atoms with Gasteiger partial charge in [0.1, 0.15) is 5.69 Å². The Hall–Kier alpha value is -1.26. The number of amides is 2. The Balaban J connectivity index is 1.71. The van der Waals surface area contributed by atoms with Crippen LogP contribution in [-0.2, 0) is 12.3 Å². The van der Waals surface area contributed by atoms with E-state index in [1.54, 1.807) is 6.20 Å². The van der Waals surface area contributed by atoms with Crippen LogP contribution in [0.2, 0.25) is 0 Å². The van der Waals surface area contributed by atoms with E-state index in [-0.39, 0.29) is 18.3 Å². The summed E-state index contributed by atoms with van der Waals surface area (Å²) in [7, 11) is 0. The number of thiol groups is 1. The van der Waals surface area contributed by atoms with Gasteiger partial charge in [0, 0.05) is 18.1 Å². The van der Waals surface area contributed by atoms with Crippen LogP contribution in [0.4, 0.5) is 10.5 Å². The van der Waals surface area contributed by atoms with Crippen LogP contribution in [-0.4, -0.2) is 44.3 Å². The van der Waals surface area contributed by atoms with Crippen LogP contribution in [0.5, 0.6) is 0 Å². The Morgan fingerprint density at radius 2 is 2.19 bits per heavy atom. The summed E-state index contributed by atoms with van der Waals surface area (Å²) in [6.07, 6.45) is 2.53. The minimum Gasteiger partial charge on any atom is -0.396 e. The number of urea groups is 1. The molecule has 3 atom stereocenters. The van der Waals surface area contributed by atoms with E-state index < -0.39 is 18.0 Å². The molecule has 1 saturated heterocycles. The first kappa shape index (κ1) is 14.7. The first-order chi connectivity index (χ1) is 9.96. The lowest BCUT2D eigenvalue weighted by atomic mass is 10.0. The number of aliphatic hydroxyl groups is 3. The number of anilines is 1. The molecular weight excluding hydrogens is 296 g/mol. The van der Waals surface area contributed by atoms with Crippen molar-refractivity contribution in [3.05, 3.63) is 17.5 Å². The van der Waals surface area contributed by atoms with E-state index in [4.69, 9.17) is 5.11 Å². The number of aromatic nitrogens is 1. The number of aliphatic hydroxyl groups excluding tert-OH is 2. The zero-order valence-corrected chi connectivity index (χ0v) is 12.1. The van der Waals surface area contributed by atoms with Gasteiger partial charge in [-0.2, -0.15) is 18.1 Å². The lowest BCUT2D eigenvalue weighted by Crippen LogP contribution is -2.45. The first-order valence-electron chi connectivity index (χ1n) is 6.76. The van der Waals surface area contributed by atoms with Gasteiger partial charge in [0.2, 0.25) is 0 Å². The average molecular weight is 314 g/mol. The molecule has 1 unspecified atom stereocenters. The number of fused-ring (bicyclic) bond motifs is 5. The van der Waals surface area contributed by atoms with Gasteiger partial charge in [-0.15, -0.1) is 0 Å². The normalized spacial score (nSPS) is 25.9. The number of carbonyl (C=O) groups is 1. The molecule has 2 aliphatic heterocycles. The van der Waals surface area contributed by atoms with E-state index in [0.717, 1.165) is 5.56 Å². The van der Waals surface area contributed by atoms with Crippen molar-refractivity contribution in [3.63, 3.8) is 0 Å². The van der Waals surface area contributed by atoms with Gasteiger partial charge in [-0.25, -0.2) is 9.80 Å². The predicted octanol–water partition coefficient (Wildman–Crippen LogP) is -0.861. The Kier molecular flexibility index (Phi) is 3.62. The third-order valence-electron chi connectivity index (χ3n) is 3.86. The van der Waals surface area contributed by atoms with E-state index in [1.807, 2.05) is 0 Å². The number of nitrogens with zero attached hydrogens (tertiary/aromatic N) is 1. The molecule has 3 rings (SSSR count). The van der Waals surface area contributed by atoms with Crippen molar-refractivity contribution in [2.75, 3.05) is 11.6 Å². The van der Waals surface area contributed by atoms with Gasteiger partial charge in [0.15, 0.2) is 0 Å². The molecule has 0 aliphatic carbocycles. The van der Waals surface area contributed by atoms with Crippen LogP contribution < -0.4 is 15.8 Å². The van der Waals surface area contributed by atoms with E-state index in [2.05, 4.69) is 28.4 Å². The van der Waals surface area contributed by atoms with E-state index in [9.17, 15) is 15.0 Å². The molecule has 6 N–H and O–H groups in total. The molecule has 0 spiro atoms. The molecule has 3 heterocycles. The van der Waals surface area contributed by atoms with Gasteiger partial charge in [-0.05, 0) is 24.8 Å². The number of aryl methyl sites for hydroxylation is 1. The van der Waals surface area contributed by atoms with Crippen molar-refractivity contribution in [1.82, 2.24) is 15.7 Å². The quantitative estimate of drug-likeness (QED) is 0.345. The number of rotatable bonds is 6. The van der Waals surface area contributed by atoms with E-state index in [1.165, 1.54) is 5.01 Å². The van der Waals surface area contributed by atoms with Crippen LogP contribution in [0.1, 0.15) is 24.1 Å². The Labute approximate surface area is 126 Å². The molecular formula is C12H18N4O4S. The summed E-state index contributed by atoms with van der Waals surface area (Å²) in [5, 5.41) is 32.2. The second-order valence-corrected chi connectivity index (χ2v) is 5.97. The second kappa shape index (κ2) is 5.18. The lowest BCUT2D eigenvalue weighted by Gasteiger charge is -2.19. The summed E-state index contributed by atoms with van der Waals surface area (Å²) in [5.41, 5.74) is 4.65. The van der Waals surface area contributed by atoms with Gasteiger partial charge < -0.3 is 20.3 Å². The minimum atomic E-state index is -1.57. The molecule has 8 nitrogen and oxygen atoms in total. The fourth-order valence-electron chi connectivity index (χ4n) is 2.73. The van der Waals surface area contributed by atoms with Crippen LogP contribution in [0.25, 0.3) is 0 Å². The highest BCUT2D eigenvalue weighted by Gasteiger charge is 2.53. The van der Waals surface area contributed by atoms with Crippen LogP contribution >= 0.6 is 12.6 Å². The van der Waals surface area contributed by atoms with Crippen molar-refractivity contribution >= 4 is 24.3 Å². The number of H-pyrrole nitrogens is 1. The summed E-state index contributed by atoms with van der Waals surface area (Å²) in [6, 6.07) is -0.409. The van der Waals surface area contributed by atoms with Gasteiger partial charge in [0.05, 0.1) is 11.8 Å². The zero-order valence-electron chi connectivity index (χ0n) is 11.2. The number of nitrogens with one attached hydrogen (secondary N) is 3. The van der Waals surface area contributed by atoms with Crippen LogP contribution in [0, 0.1) is 0 Å². The SMILES string of the molecule is O=C1NC2(O)NN1c1c(CC[C@H](S)[C@H](O)CCO)c[nH]c12. The van der Waals surface area contributed by atoms with Crippen molar-refractivity contribution in [3.8, 4) is 0 Å². The maximum absolute atomic E-state index is 11.7. The molecule has 0 saturated carbocycles. The zero-order chi connectivity index (χ0) is 15.2. The van der Waals surface area contributed by atoms with Gasteiger partial charge in [0.25, 0.3) is 5.85 Å². The molecule has 21 heavy (non-hydrogen) atoms. The van der Waals surface area contributed by atoms with E-state index in [0.29, 0.717) is 24.2 Å². The summed E-state index contributed by atoms with van der Waals surface area (Å²) >= 11 is 4.33. The molecule has 2 bridgehead atoms. The maximum Gasteiger partial charge on any atom is 0.340 e. The summed E-state index contributed by atoms with van der Waals surface area (Å²) in [6.45, 7) is -0.0807. The molecule has 0 radical (unpaired) electrons. The second-order valence-electron chi connectivity index (χ2n) is 5.31. The average Bonchev–Trinajstić information content (AvgIpc) is 3.05. The third kappa shape index (κ3) is 2.30. The summed E-state index contributed by atoms with van der Waals surface area (Å²) < 4.78 is 0. The number of hydrogen-bond donors (Lipinski definition) is 7. The van der Waals surface area contributed by atoms with Crippen LogP contribution in [0.3, 0.4) is 0 Å². The maximum atomic E-state index is 11.7. The molecule has 9 heteroatoms. The third-order valence-corrected chi connectivity index (χ3v) is 4.46. The smallest absolute Gasteiger partial charge is 0.340 e. The molecule has 116 valence electrons. The van der Waals surface area contributed by atoms with Gasteiger partial charge >= 0.3 is 6.03 Å². The number of hydrazine groups is 1.